The Kier molecular flexibility index (Phi) is 3.51. The molecule has 5 heteroatoms. The molecule has 0 saturated heterocycles. The second-order valence-electron chi connectivity index (χ2n) is 6.97. The number of benzene rings is 4. The van der Waals surface area contributed by atoms with Crippen molar-refractivity contribution in [3.05, 3.63) is 89.0 Å². The van der Waals surface area contributed by atoms with E-state index in [9.17, 15) is 10.1 Å². The van der Waals surface area contributed by atoms with Crippen LogP contribution in [0.25, 0.3) is 51.5 Å². The zero-order chi connectivity index (χ0) is 19.5. The summed E-state index contributed by atoms with van der Waals surface area (Å²) in [5, 5.41) is 16.3. The van der Waals surface area contributed by atoms with E-state index in [1.54, 1.807) is 28.7 Å². The summed E-state index contributed by atoms with van der Waals surface area (Å²) in [5.74, 6) is 0. The van der Waals surface area contributed by atoms with Crippen molar-refractivity contribution in [2.45, 2.75) is 0 Å². The molecule has 3 nitrogen and oxygen atoms in total. The van der Waals surface area contributed by atoms with Crippen LogP contribution in [0.4, 0.5) is 5.69 Å². The lowest BCUT2D eigenvalue weighted by Gasteiger charge is -2.09. The van der Waals surface area contributed by atoms with E-state index < -0.39 is 0 Å². The highest BCUT2D eigenvalue weighted by Crippen LogP contribution is 2.48. The summed E-state index contributed by atoms with van der Waals surface area (Å²) >= 11 is 3.41. The van der Waals surface area contributed by atoms with Gasteiger partial charge in [0, 0.05) is 46.4 Å². The van der Waals surface area contributed by atoms with E-state index in [-0.39, 0.29) is 10.6 Å². The minimum atomic E-state index is -0.255. The first kappa shape index (κ1) is 16.7. The van der Waals surface area contributed by atoms with Crippen molar-refractivity contribution >= 4 is 68.7 Å². The molecule has 0 unspecified atom stereocenters. The number of nitrogens with zero attached hydrogens (tertiary/aromatic N) is 1. The average molecular weight is 412 g/mol. The van der Waals surface area contributed by atoms with Gasteiger partial charge < -0.3 is 0 Å². The molecule has 0 fully saturated rings. The van der Waals surface area contributed by atoms with Crippen LogP contribution in [-0.4, -0.2) is 4.92 Å². The Labute approximate surface area is 173 Å². The summed E-state index contributed by atoms with van der Waals surface area (Å²) in [6, 6.07) is 26.1. The summed E-state index contributed by atoms with van der Waals surface area (Å²) in [6.45, 7) is 0. The summed E-state index contributed by atoms with van der Waals surface area (Å²) in [5.41, 5.74) is 1.81. The highest BCUT2D eigenvalue weighted by atomic mass is 32.1. The normalized spacial score (nSPS) is 11.7. The molecule has 0 atom stereocenters. The highest BCUT2D eigenvalue weighted by Gasteiger charge is 2.24. The molecule has 6 aromatic rings. The van der Waals surface area contributed by atoms with Crippen LogP contribution in [0.2, 0.25) is 0 Å². The van der Waals surface area contributed by atoms with E-state index >= 15 is 0 Å². The maximum absolute atomic E-state index is 12.0. The monoisotopic (exact) mass is 411 g/mol. The van der Waals surface area contributed by atoms with E-state index in [1.807, 2.05) is 42.5 Å². The molecule has 0 spiro atoms. The molecule has 0 radical (unpaired) electrons. The van der Waals surface area contributed by atoms with Crippen molar-refractivity contribution in [3.8, 4) is 11.1 Å². The summed E-state index contributed by atoms with van der Waals surface area (Å²) in [7, 11) is 0. The van der Waals surface area contributed by atoms with E-state index in [0.717, 1.165) is 46.8 Å². The van der Waals surface area contributed by atoms with Gasteiger partial charge >= 0.3 is 0 Å². The van der Waals surface area contributed by atoms with Gasteiger partial charge in [-0.2, -0.15) is 0 Å². The van der Waals surface area contributed by atoms with Crippen molar-refractivity contribution in [1.82, 2.24) is 0 Å². The molecule has 0 aliphatic heterocycles. The molecular formula is C24H13NO2S2. The summed E-state index contributed by atoms with van der Waals surface area (Å²) < 4.78 is 4.56. The zero-order valence-electron chi connectivity index (χ0n) is 15.1. The first-order valence-corrected chi connectivity index (χ1v) is 10.8. The maximum Gasteiger partial charge on any atom is 0.277 e. The number of hydrogen-bond acceptors (Lipinski definition) is 4. The van der Waals surface area contributed by atoms with Crippen LogP contribution in [0.15, 0.2) is 78.9 Å². The Bertz CT molecular complexity index is 1590. The Morgan fingerprint density at radius 3 is 1.90 bits per heavy atom. The fourth-order valence-corrected chi connectivity index (χ4v) is 6.46. The smallest absolute Gasteiger partial charge is 0.258 e. The van der Waals surface area contributed by atoms with Gasteiger partial charge in [0.25, 0.3) is 5.69 Å². The Hall–Kier alpha value is -3.28. The van der Waals surface area contributed by atoms with Gasteiger partial charge in [-0.05, 0) is 29.8 Å². The van der Waals surface area contributed by atoms with Crippen LogP contribution in [0.3, 0.4) is 0 Å². The van der Waals surface area contributed by atoms with Gasteiger partial charge in [0.1, 0.15) is 0 Å². The SMILES string of the molecule is O=[N+]([O-])c1ccc2sc3ccccc3c2c1-c1cccc2sc3ccccc3c12. The molecule has 4 aromatic carbocycles. The molecule has 138 valence electrons. The molecule has 6 rings (SSSR count). The van der Waals surface area contributed by atoms with Gasteiger partial charge in [-0.15, -0.1) is 22.7 Å². The van der Waals surface area contributed by atoms with E-state index in [1.165, 1.54) is 4.70 Å². The third-order valence-corrected chi connectivity index (χ3v) is 7.66. The number of fused-ring (bicyclic) bond motifs is 6. The van der Waals surface area contributed by atoms with Crippen molar-refractivity contribution < 1.29 is 4.92 Å². The fraction of sp³-hybridized carbons (Fsp3) is 0. The lowest BCUT2D eigenvalue weighted by atomic mass is 9.94. The standard InChI is InChI=1S/C24H13NO2S2/c26-25(27)17-12-13-21-24(15-7-2-4-10-19(15)29-21)23(17)16-8-5-11-20-22(16)14-6-1-3-9-18(14)28-20/h1-13H. The van der Waals surface area contributed by atoms with E-state index in [4.69, 9.17) is 0 Å². The molecule has 0 N–H and O–H groups in total. The molecular weight excluding hydrogens is 398 g/mol. The van der Waals surface area contributed by atoms with Crippen molar-refractivity contribution in [2.75, 3.05) is 0 Å². The number of hydrogen-bond donors (Lipinski definition) is 0. The lowest BCUT2D eigenvalue weighted by Crippen LogP contribution is -1.93. The van der Waals surface area contributed by atoms with Gasteiger partial charge in [0.05, 0.1) is 10.5 Å². The second kappa shape index (κ2) is 6.11. The Morgan fingerprint density at radius 2 is 1.21 bits per heavy atom. The molecule has 0 aliphatic rings. The van der Waals surface area contributed by atoms with Gasteiger partial charge in [-0.3, -0.25) is 10.1 Å². The molecule has 0 bridgehead atoms. The van der Waals surface area contributed by atoms with Crippen LogP contribution in [0, 0.1) is 10.1 Å². The van der Waals surface area contributed by atoms with Gasteiger partial charge in [0.2, 0.25) is 0 Å². The number of thiophene rings is 2. The minimum absolute atomic E-state index is 0.156. The molecule has 0 saturated carbocycles. The van der Waals surface area contributed by atoms with Crippen molar-refractivity contribution in [2.24, 2.45) is 0 Å². The number of rotatable bonds is 2. The summed E-state index contributed by atoms with van der Waals surface area (Å²) in [6.07, 6.45) is 0. The van der Waals surface area contributed by atoms with E-state index in [2.05, 4.69) is 30.3 Å². The topological polar surface area (TPSA) is 43.1 Å². The molecule has 2 aromatic heterocycles. The van der Waals surface area contributed by atoms with E-state index in [0.29, 0.717) is 0 Å². The van der Waals surface area contributed by atoms with Crippen molar-refractivity contribution in [3.63, 3.8) is 0 Å². The predicted molar refractivity (Wildman–Crippen MR) is 124 cm³/mol. The average Bonchev–Trinajstić information content (AvgIpc) is 3.31. The highest BCUT2D eigenvalue weighted by molar-refractivity contribution is 7.26. The van der Waals surface area contributed by atoms with Crippen LogP contribution in [0.1, 0.15) is 0 Å². The number of nitro groups is 1. The maximum atomic E-state index is 12.0. The number of nitro benzene ring substituents is 1. The van der Waals surface area contributed by atoms with Crippen LogP contribution < -0.4 is 0 Å². The largest absolute Gasteiger partial charge is 0.277 e. The fourth-order valence-electron chi connectivity index (χ4n) is 4.21. The Morgan fingerprint density at radius 1 is 0.621 bits per heavy atom. The van der Waals surface area contributed by atoms with Crippen LogP contribution >= 0.6 is 22.7 Å². The lowest BCUT2D eigenvalue weighted by molar-refractivity contribution is -0.384. The first-order valence-electron chi connectivity index (χ1n) is 9.21. The molecule has 0 amide bonds. The first-order chi connectivity index (χ1) is 14.2. The van der Waals surface area contributed by atoms with Gasteiger partial charge in [0.15, 0.2) is 0 Å². The quantitative estimate of drug-likeness (QED) is 0.214. The van der Waals surface area contributed by atoms with Crippen LogP contribution in [-0.2, 0) is 0 Å². The molecule has 29 heavy (non-hydrogen) atoms. The molecule has 0 aliphatic carbocycles. The third kappa shape index (κ3) is 2.35. The Balaban J connectivity index is 1.87. The molecule has 2 heterocycles. The van der Waals surface area contributed by atoms with Gasteiger partial charge in [-0.25, -0.2) is 0 Å². The zero-order valence-corrected chi connectivity index (χ0v) is 16.7. The van der Waals surface area contributed by atoms with Crippen LogP contribution in [0.5, 0.6) is 0 Å². The third-order valence-electron chi connectivity index (χ3n) is 5.39. The minimum Gasteiger partial charge on any atom is -0.258 e. The van der Waals surface area contributed by atoms with Gasteiger partial charge in [-0.1, -0.05) is 48.5 Å². The summed E-state index contributed by atoms with van der Waals surface area (Å²) in [4.78, 5) is 11.8. The predicted octanol–water partition coefficient (Wildman–Crippen LogP) is 8.00. The second-order valence-corrected chi connectivity index (χ2v) is 9.13. The van der Waals surface area contributed by atoms with Crippen molar-refractivity contribution in [1.29, 1.82) is 0 Å².